The van der Waals surface area contributed by atoms with Crippen molar-refractivity contribution in [2.75, 3.05) is 32.8 Å². The van der Waals surface area contributed by atoms with E-state index in [1.165, 1.54) is 0 Å². The Morgan fingerprint density at radius 2 is 2.05 bits per heavy atom. The van der Waals surface area contributed by atoms with Crippen molar-refractivity contribution in [2.24, 2.45) is 17.8 Å². The van der Waals surface area contributed by atoms with Gasteiger partial charge in [-0.15, -0.1) is 0 Å². The van der Waals surface area contributed by atoms with Crippen LogP contribution in [0.1, 0.15) is 20.3 Å². The first-order valence-electron chi connectivity index (χ1n) is 7.38. The Morgan fingerprint density at radius 3 is 2.60 bits per heavy atom. The summed E-state index contributed by atoms with van der Waals surface area (Å²) in [6.07, 6.45) is 0.823. The average Bonchev–Trinajstić information content (AvgIpc) is 3.03. The van der Waals surface area contributed by atoms with Gasteiger partial charge in [0.1, 0.15) is 5.92 Å². The highest BCUT2D eigenvalue weighted by Gasteiger charge is 2.42. The van der Waals surface area contributed by atoms with Gasteiger partial charge in [-0.05, 0) is 18.9 Å². The van der Waals surface area contributed by atoms with Crippen LogP contribution in [0.4, 0.5) is 0 Å². The number of carboxylic acids is 1. The van der Waals surface area contributed by atoms with Crippen molar-refractivity contribution in [3.63, 3.8) is 0 Å². The Kier molecular flexibility index (Phi) is 4.99. The lowest BCUT2D eigenvalue weighted by molar-refractivity contribution is -0.146. The maximum absolute atomic E-state index is 12.7. The van der Waals surface area contributed by atoms with Gasteiger partial charge in [-0.3, -0.25) is 9.59 Å². The quantitative estimate of drug-likeness (QED) is 0.753. The van der Waals surface area contributed by atoms with E-state index in [2.05, 4.69) is 12.2 Å². The molecule has 0 radical (unpaired) electrons. The first kappa shape index (κ1) is 15.3. The molecule has 0 aromatic carbocycles. The minimum absolute atomic E-state index is 0.0448. The van der Waals surface area contributed by atoms with E-state index in [0.717, 1.165) is 13.0 Å². The van der Waals surface area contributed by atoms with E-state index in [4.69, 9.17) is 4.74 Å². The number of carbonyl (C=O) groups is 2. The Morgan fingerprint density at radius 1 is 1.30 bits per heavy atom. The van der Waals surface area contributed by atoms with Crippen molar-refractivity contribution in [3.05, 3.63) is 0 Å². The highest BCUT2D eigenvalue weighted by atomic mass is 16.5. The normalized spacial score (nSPS) is 33.3. The summed E-state index contributed by atoms with van der Waals surface area (Å²) in [5, 5.41) is 12.5. The molecule has 0 aliphatic carbocycles. The Hall–Kier alpha value is -1.14. The third kappa shape index (κ3) is 2.96. The summed E-state index contributed by atoms with van der Waals surface area (Å²) in [5.74, 6) is -1.15. The van der Waals surface area contributed by atoms with Crippen molar-refractivity contribution in [3.8, 4) is 0 Å². The molecule has 2 N–H and O–H groups in total. The van der Waals surface area contributed by atoms with Gasteiger partial charge in [0, 0.05) is 13.1 Å². The summed E-state index contributed by atoms with van der Waals surface area (Å²) >= 11 is 0. The second kappa shape index (κ2) is 6.54. The summed E-state index contributed by atoms with van der Waals surface area (Å²) in [6, 6.07) is -0.326. The van der Waals surface area contributed by atoms with Crippen molar-refractivity contribution in [1.29, 1.82) is 0 Å². The molecule has 6 nitrogen and oxygen atoms in total. The van der Waals surface area contributed by atoms with E-state index in [0.29, 0.717) is 25.6 Å². The van der Waals surface area contributed by atoms with E-state index in [-0.39, 0.29) is 24.5 Å². The maximum atomic E-state index is 12.7. The lowest BCUT2D eigenvalue weighted by atomic mass is 9.94. The van der Waals surface area contributed by atoms with Crippen LogP contribution < -0.4 is 5.32 Å². The fraction of sp³-hybridized carbons (Fsp3) is 0.857. The number of carboxylic acid groups (broad SMARTS) is 1. The number of carbonyl (C=O) groups excluding carboxylic acids is 1. The van der Waals surface area contributed by atoms with Gasteiger partial charge in [-0.25, -0.2) is 0 Å². The van der Waals surface area contributed by atoms with Gasteiger partial charge in [0.15, 0.2) is 0 Å². The monoisotopic (exact) mass is 284 g/mol. The molecule has 2 aliphatic heterocycles. The third-order valence-corrected chi connectivity index (χ3v) is 4.35. The van der Waals surface area contributed by atoms with Crippen LogP contribution in [0.3, 0.4) is 0 Å². The van der Waals surface area contributed by atoms with Crippen LogP contribution in [-0.4, -0.2) is 60.8 Å². The zero-order valence-corrected chi connectivity index (χ0v) is 12.2. The summed E-state index contributed by atoms with van der Waals surface area (Å²) in [7, 11) is 0. The van der Waals surface area contributed by atoms with Crippen molar-refractivity contribution in [1.82, 2.24) is 10.2 Å². The van der Waals surface area contributed by atoms with Crippen LogP contribution in [0.2, 0.25) is 0 Å². The van der Waals surface area contributed by atoms with Gasteiger partial charge < -0.3 is 20.1 Å². The van der Waals surface area contributed by atoms with Crippen molar-refractivity contribution < 1.29 is 19.4 Å². The standard InChI is InChI=1S/C14H24N2O4/c1-3-4-16(12-8-20-7-11(12)14(18)19)13(17)10-6-15-5-9(10)2/h9-12,15H,3-8H2,1-2H3,(H,18,19)/t9-,10-,11?,12?/m1/s1. The highest BCUT2D eigenvalue weighted by Crippen LogP contribution is 2.25. The molecule has 1 amide bonds. The first-order chi connectivity index (χ1) is 9.56. The average molecular weight is 284 g/mol. The molecule has 0 aromatic heterocycles. The predicted octanol–water partition coefficient (Wildman–Crippen LogP) is 0.180. The van der Waals surface area contributed by atoms with Gasteiger partial charge in [-0.2, -0.15) is 0 Å². The van der Waals surface area contributed by atoms with Crippen LogP contribution in [0.5, 0.6) is 0 Å². The lowest BCUT2D eigenvalue weighted by Crippen LogP contribution is -2.50. The number of nitrogens with one attached hydrogen (secondary N) is 1. The van der Waals surface area contributed by atoms with Crippen molar-refractivity contribution in [2.45, 2.75) is 26.3 Å². The summed E-state index contributed by atoms with van der Waals surface area (Å²) in [5.41, 5.74) is 0. The van der Waals surface area contributed by atoms with E-state index >= 15 is 0 Å². The number of ether oxygens (including phenoxy) is 1. The zero-order chi connectivity index (χ0) is 14.7. The van der Waals surface area contributed by atoms with Gasteiger partial charge in [0.05, 0.1) is 25.2 Å². The van der Waals surface area contributed by atoms with Gasteiger partial charge in [0.25, 0.3) is 0 Å². The number of aliphatic carboxylic acids is 1. The Bertz CT molecular complexity index is 374. The highest BCUT2D eigenvalue weighted by molar-refractivity contribution is 5.81. The first-order valence-corrected chi connectivity index (χ1v) is 7.38. The molecule has 114 valence electrons. The minimum atomic E-state index is -0.876. The molecule has 0 aromatic rings. The molecule has 20 heavy (non-hydrogen) atoms. The smallest absolute Gasteiger partial charge is 0.311 e. The molecular weight excluding hydrogens is 260 g/mol. The summed E-state index contributed by atoms with van der Waals surface area (Å²) in [4.78, 5) is 25.8. The summed E-state index contributed by atoms with van der Waals surface area (Å²) < 4.78 is 5.31. The predicted molar refractivity (Wildman–Crippen MR) is 73.3 cm³/mol. The van der Waals surface area contributed by atoms with Crippen LogP contribution in [0, 0.1) is 17.8 Å². The minimum Gasteiger partial charge on any atom is -0.481 e. The lowest BCUT2D eigenvalue weighted by Gasteiger charge is -2.33. The molecule has 2 rings (SSSR count). The van der Waals surface area contributed by atoms with E-state index in [9.17, 15) is 14.7 Å². The molecule has 4 atom stereocenters. The zero-order valence-electron chi connectivity index (χ0n) is 12.2. The topological polar surface area (TPSA) is 78.9 Å². The largest absolute Gasteiger partial charge is 0.481 e. The van der Waals surface area contributed by atoms with Gasteiger partial charge in [-0.1, -0.05) is 13.8 Å². The molecule has 6 heteroatoms. The number of nitrogens with zero attached hydrogens (tertiary/aromatic N) is 1. The van der Waals surface area contributed by atoms with Crippen LogP contribution >= 0.6 is 0 Å². The Balaban J connectivity index is 2.13. The van der Waals surface area contributed by atoms with Gasteiger partial charge >= 0.3 is 5.97 Å². The SMILES string of the molecule is CCCN(C(=O)[C@@H]1CNC[C@H]1C)C1COCC1C(=O)O. The molecule has 2 aliphatic rings. The third-order valence-electron chi connectivity index (χ3n) is 4.35. The molecule has 2 fully saturated rings. The fourth-order valence-electron chi connectivity index (χ4n) is 3.12. The Labute approximate surface area is 119 Å². The molecule has 0 bridgehead atoms. The number of hydrogen-bond donors (Lipinski definition) is 2. The second-order valence-corrected chi connectivity index (χ2v) is 5.82. The molecule has 2 heterocycles. The summed E-state index contributed by atoms with van der Waals surface area (Å²) in [6.45, 7) is 6.73. The number of hydrogen-bond acceptors (Lipinski definition) is 4. The molecule has 0 spiro atoms. The van der Waals surface area contributed by atoms with E-state index in [1.54, 1.807) is 4.90 Å². The molecular formula is C14H24N2O4. The van der Waals surface area contributed by atoms with Crippen molar-refractivity contribution >= 4 is 11.9 Å². The number of rotatable bonds is 5. The van der Waals surface area contributed by atoms with Crippen LogP contribution in [-0.2, 0) is 14.3 Å². The molecule has 2 saturated heterocycles. The van der Waals surface area contributed by atoms with E-state index in [1.807, 2.05) is 6.92 Å². The fourth-order valence-corrected chi connectivity index (χ4v) is 3.12. The van der Waals surface area contributed by atoms with Crippen LogP contribution in [0.15, 0.2) is 0 Å². The van der Waals surface area contributed by atoms with E-state index < -0.39 is 11.9 Å². The second-order valence-electron chi connectivity index (χ2n) is 5.82. The molecule has 2 unspecified atom stereocenters. The van der Waals surface area contributed by atoms with Gasteiger partial charge in [0.2, 0.25) is 5.91 Å². The maximum Gasteiger partial charge on any atom is 0.311 e. The van der Waals surface area contributed by atoms with Crippen LogP contribution in [0.25, 0.3) is 0 Å². The number of amides is 1. The molecule has 0 saturated carbocycles.